The van der Waals surface area contributed by atoms with Crippen LogP contribution in [0.15, 0.2) is 24.3 Å². The van der Waals surface area contributed by atoms with E-state index in [1.165, 1.54) is 0 Å². The molecule has 1 aliphatic rings. The van der Waals surface area contributed by atoms with E-state index in [1.54, 1.807) is 31.2 Å². The molecule has 0 aromatic heterocycles. The van der Waals surface area contributed by atoms with Gasteiger partial charge in [0.25, 0.3) is 5.91 Å². The van der Waals surface area contributed by atoms with Gasteiger partial charge in [0.05, 0.1) is 24.3 Å². The summed E-state index contributed by atoms with van der Waals surface area (Å²) >= 11 is 0. The molecule has 0 amide bonds. The Labute approximate surface area is 149 Å². The molecule has 1 heterocycles. The average Bonchev–Trinajstić information content (AvgIpc) is 3.00. The Hall–Kier alpha value is -1.92. The topological polar surface area (TPSA) is 65.1 Å². The number of benzene rings is 1. The highest BCUT2D eigenvalue weighted by Crippen LogP contribution is 2.35. The fourth-order valence-corrected chi connectivity index (χ4v) is 3.09. The molecule has 1 aromatic rings. The number of carbonyl (C=O) groups is 2. The van der Waals surface area contributed by atoms with Crippen LogP contribution in [0.3, 0.4) is 0 Å². The van der Waals surface area contributed by atoms with Crippen LogP contribution in [0.25, 0.3) is 0 Å². The number of ether oxygens (including phenoxy) is 3. The first kappa shape index (κ1) is 19.4. The highest BCUT2D eigenvalue weighted by Gasteiger charge is 2.50. The summed E-state index contributed by atoms with van der Waals surface area (Å²) in [5.74, 6) is -2.34. The molecule has 6 nitrogen and oxygen atoms in total. The van der Waals surface area contributed by atoms with Gasteiger partial charge < -0.3 is 14.2 Å². The van der Waals surface area contributed by atoms with Crippen molar-refractivity contribution in [3.05, 3.63) is 35.4 Å². The summed E-state index contributed by atoms with van der Waals surface area (Å²) in [6, 6.07) is 6.66. The molecule has 1 fully saturated rings. The Morgan fingerprint density at radius 1 is 1.16 bits per heavy atom. The van der Waals surface area contributed by atoms with Crippen LogP contribution >= 0.6 is 0 Å². The highest BCUT2D eigenvalue weighted by atomic mass is 16.7. The second kappa shape index (κ2) is 7.97. The molecule has 1 saturated heterocycles. The molecule has 0 N–H and O–H groups in total. The van der Waals surface area contributed by atoms with Crippen molar-refractivity contribution in [3.63, 3.8) is 0 Å². The predicted octanol–water partition coefficient (Wildman–Crippen LogP) is 3.07. The van der Waals surface area contributed by atoms with E-state index in [9.17, 15) is 9.59 Å². The van der Waals surface area contributed by atoms with Gasteiger partial charge in [0.1, 0.15) is 0 Å². The van der Waals surface area contributed by atoms with Gasteiger partial charge in [-0.2, -0.15) is 0 Å². The van der Waals surface area contributed by atoms with Crippen molar-refractivity contribution in [2.75, 3.05) is 19.8 Å². The molecule has 0 bridgehead atoms. The van der Waals surface area contributed by atoms with Crippen LogP contribution in [0.1, 0.15) is 55.3 Å². The number of hydrogen-bond donors (Lipinski definition) is 0. The maximum absolute atomic E-state index is 12.9. The van der Waals surface area contributed by atoms with E-state index in [0.29, 0.717) is 13.2 Å². The third-order valence-corrected chi connectivity index (χ3v) is 4.28. The summed E-state index contributed by atoms with van der Waals surface area (Å²) in [4.78, 5) is 27.0. The van der Waals surface area contributed by atoms with Crippen LogP contribution in [-0.4, -0.2) is 48.5 Å². The van der Waals surface area contributed by atoms with Crippen molar-refractivity contribution in [2.24, 2.45) is 5.92 Å². The quantitative estimate of drug-likeness (QED) is 0.736. The van der Waals surface area contributed by atoms with Crippen molar-refractivity contribution in [1.82, 2.24) is 4.90 Å². The number of rotatable bonds is 6. The molecule has 25 heavy (non-hydrogen) atoms. The van der Waals surface area contributed by atoms with E-state index in [-0.39, 0.29) is 29.7 Å². The Morgan fingerprint density at radius 3 is 2.28 bits per heavy atom. The van der Waals surface area contributed by atoms with Crippen molar-refractivity contribution >= 4 is 11.9 Å². The number of hydrogen-bond acceptors (Lipinski definition) is 6. The van der Waals surface area contributed by atoms with Crippen LogP contribution in [0, 0.1) is 5.92 Å². The number of nitrogens with zero attached hydrogens (tertiary/aromatic N) is 1. The molecule has 0 spiro atoms. The van der Waals surface area contributed by atoms with E-state index in [1.807, 2.05) is 32.6 Å². The summed E-state index contributed by atoms with van der Waals surface area (Å²) in [6.45, 7) is 11.1. The van der Waals surface area contributed by atoms with Gasteiger partial charge in [0.2, 0.25) is 0 Å². The largest absolute Gasteiger partial charge is 0.462 e. The molecular formula is C19H27NO5. The van der Waals surface area contributed by atoms with E-state index in [2.05, 4.69) is 0 Å². The maximum atomic E-state index is 12.9. The third-order valence-electron chi connectivity index (χ3n) is 4.28. The Bertz CT molecular complexity index is 628. The van der Waals surface area contributed by atoms with E-state index in [0.717, 1.165) is 0 Å². The van der Waals surface area contributed by atoms with Crippen LogP contribution < -0.4 is 0 Å². The summed E-state index contributed by atoms with van der Waals surface area (Å²) in [6.07, 6.45) is 0. The minimum Gasteiger partial charge on any atom is -0.462 e. The van der Waals surface area contributed by atoms with Gasteiger partial charge in [-0.05, 0) is 32.9 Å². The van der Waals surface area contributed by atoms with Gasteiger partial charge in [-0.1, -0.05) is 26.0 Å². The Morgan fingerprint density at radius 2 is 1.76 bits per heavy atom. The average molecular weight is 349 g/mol. The minimum atomic E-state index is -1.13. The lowest BCUT2D eigenvalue weighted by atomic mass is 10.1. The zero-order valence-corrected chi connectivity index (χ0v) is 15.6. The van der Waals surface area contributed by atoms with Gasteiger partial charge in [0, 0.05) is 18.5 Å². The van der Waals surface area contributed by atoms with Crippen molar-refractivity contribution < 1.29 is 23.8 Å². The lowest BCUT2D eigenvalue weighted by Gasteiger charge is -2.41. The van der Waals surface area contributed by atoms with Crippen LogP contribution in [-0.2, 0) is 14.2 Å². The predicted molar refractivity (Wildman–Crippen MR) is 93.2 cm³/mol. The normalized spacial score (nSPS) is 20.9. The first-order valence-corrected chi connectivity index (χ1v) is 8.73. The number of esters is 2. The zero-order chi connectivity index (χ0) is 18.6. The molecule has 0 saturated carbocycles. The van der Waals surface area contributed by atoms with Gasteiger partial charge in [0.15, 0.2) is 0 Å². The van der Waals surface area contributed by atoms with Crippen molar-refractivity contribution in [2.45, 2.75) is 46.6 Å². The second-order valence-corrected chi connectivity index (χ2v) is 6.58. The van der Waals surface area contributed by atoms with Crippen LogP contribution in [0.2, 0.25) is 0 Å². The first-order chi connectivity index (χ1) is 11.8. The molecule has 0 radical (unpaired) electrons. The van der Waals surface area contributed by atoms with Gasteiger partial charge >= 0.3 is 11.9 Å². The molecular weight excluding hydrogens is 322 g/mol. The number of carbonyl (C=O) groups excluding carboxylic acids is 2. The summed E-state index contributed by atoms with van der Waals surface area (Å²) < 4.78 is 16.8. The van der Waals surface area contributed by atoms with Crippen molar-refractivity contribution in [1.29, 1.82) is 0 Å². The fourth-order valence-electron chi connectivity index (χ4n) is 3.09. The summed E-state index contributed by atoms with van der Waals surface area (Å²) in [5.41, 5.74) is 0.377. The van der Waals surface area contributed by atoms with Gasteiger partial charge in [-0.25, -0.2) is 14.5 Å². The van der Waals surface area contributed by atoms with Crippen LogP contribution in [0.4, 0.5) is 0 Å². The van der Waals surface area contributed by atoms with Gasteiger partial charge in [-0.3, -0.25) is 0 Å². The monoisotopic (exact) mass is 349 g/mol. The van der Waals surface area contributed by atoms with Gasteiger partial charge in [-0.15, -0.1) is 0 Å². The lowest BCUT2D eigenvalue weighted by Crippen LogP contribution is -2.55. The standard InChI is InChI=1S/C19H27NO5/c1-6-23-17(21)15-9-7-8-10-16(15)18(22)25-19(13(2)3)20(14(4)5)11-12-24-19/h7-10,13-14H,6,11-12H2,1-5H3. The SMILES string of the molecule is CCOC(=O)c1ccccc1C(=O)OC1(C(C)C)OCCN1C(C)C. The van der Waals surface area contributed by atoms with Crippen molar-refractivity contribution in [3.8, 4) is 0 Å². The molecule has 0 aliphatic carbocycles. The molecule has 1 unspecified atom stereocenters. The maximum Gasteiger partial charge on any atom is 0.342 e. The minimum absolute atomic E-state index is 0.0731. The van der Waals surface area contributed by atoms with Crippen LogP contribution in [0.5, 0.6) is 0 Å². The Kier molecular flexibility index (Phi) is 6.19. The lowest BCUT2D eigenvalue weighted by molar-refractivity contribution is -0.275. The smallest absolute Gasteiger partial charge is 0.342 e. The van der Waals surface area contributed by atoms with E-state index < -0.39 is 17.8 Å². The summed E-state index contributed by atoms with van der Waals surface area (Å²) in [5, 5.41) is 0. The highest BCUT2D eigenvalue weighted by molar-refractivity contribution is 6.03. The first-order valence-electron chi connectivity index (χ1n) is 8.73. The molecule has 1 atom stereocenters. The zero-order valence-electron chi connectivity index (χ0n) is 15.6. The molecule has 1 aromatic carbocycles. The molecule has 6 heteroatoms. The Balaban J connectivity index is 2.33. The molecule has 1 aliphatic heterocycles. The molecule has 2 rings (SSSR count). The molecule has 138 valence electrons. The second-order valence-electron chi connectivity index (χ2n) is 6.58. The van der Waals surface area contributed by atoms with E-state index in [4.69, 9.17) is 14.2 Å². The fraction of sp³-hybridized carbons (Fsp3) is 0.579. The summed E-state index contributed by atoms with van der Waals surface area (Å²) in [7, 11) is 0. The van der Waals surface area contributed by atoms with E-state index >= 15 is 0 Å². The third kappa shape index (κ3) is 3.85.